The van der Waals surface area contributed by atoms with Crippen molar-refractivity contribution < 1.29 is 8.42 Å². The number of rotatable bonds is 3. The van der Waals surface area contributed by atoms with Crippen LogP contribution in [-0.2, 0) is 9.84 Å². The van der Waals surface area contributed by atoms with Crippen LogP contribution in [0.2, 0.25) is 0 Å². The number of benzene rings is 1. The third-order valence-electron chi connectivity index (χ3n) is 3.15. The van der Waals surface area contributed by atoms with E-state index in [2.05, 4.69) is 5.32 Å². The van der Waals surface area contributed by atoms with Gasteiger partial charge in [-0.05, 0) is 56.1 Å². The number of nitrogen functional groups attached to an aromatic ring is 1. The summed E-state index contributed by atoms with van der Waals surface area (Å²) in [6, 6.07) is 6.45. The fourth-order valence-corrected chi connectivity index (χ4v) is 3.83. The van der Waals surface area contributed by atoms with Gasteiger partial charge < -0.3 is 11.1 Å². The standard InChI is InChI=1S/C12H18N2O2S/c13-11-1-3-12(4-2-11)17(15,16)9-10-5-7-14-8-6-10/h1-4,10,14H,5-9,13H2. The molecule has 1 aliphatic rings. The number of nitrogens with one attached hydrogen (secondary N) is 1. The van der Waals surface area contributed by atoms with Gasteiger partial charge in [-0.3, -0.25) is 0 Å². The molecule has 1 aromatic rings. The molecule has 5 heteroatoms. The van der Waals surface area contributed by atoms with Crippen LogP contribution in [0.3, 0.4) is 0 Å². The van der Waals surface area contributed by atoms with Gasteiger partial charge in [0.15, 0.2) is 9.84 Å². The Bertz CT molecular complexity index is 462. The molecule has 0 bridgehead atoms. The molecular formula is C12H18N2O2S. The summed E-state index contributed by atoms with van der Waals surface area (Å²) in [5.74, 6) is 0.525. The zero-order valence-electron chi connectivity index (χ0n) is 9.72. The lowest BCUT2D eigenvalue weighted by Crippen LogP contribution is -2.31. The van der Waals surface area contributed by atoms with Gasteiger partial charge in [0.05, 0.1) is 10.6 Å². The molecule has 1 aliphatic heterocycles. The lowest BCUT2D eigenvalue weighted by molar-refractivity contribution is 0.401. The Balaban J connectivity index is 2.10. The highest BCUT2D eigenvalue weighted by atomic mass is 32.2. The van der Waals surface area contributed by atoms with Gasteiger partial charge in [0, 0.05) is 5.69 Å². The molecule has 0 unspecified atom stereocenters. The Hall–Kier alpha value is -1.07. The molecule has 1 heterocycles. The predicted octanol–water partition coefficient (Wildman–Crippen LogP) is 1.04. The van der Waals surface area contributed by atoms with Crippen molar-refractivity contribution in [2.45, 2.75) is 17.7 Å². The quantitative estimate of drug-likeness (QED) is 0.791. The first-order valence-electron chi connectivity index (χ1n) is 5.87. The molecule has 94 valence electrons. The average Bonchev–Trinajstić information content (AvgIpc) is 2.30. The van der Waals surface area contributed by atoms with Crippen molar-refractivity contribution in [3.8, 4) is 0 Å². The van der Waals surface area contributed by atoms with E-state index in [1.54, 1.807) is 24.3 Å². The van der Waals surface area contributed by atoms with Gasteiger partial charge in [0.25, 0.3) is 0 Å². The molecule has 17 heavy (non-hydrogen) atoms. The van der Waals surface area contributed by atoms with E-state index in [1.807, 2.05) is 0 Å². The van der Waals surface area contributed by atoms with Crippen LogP contribution in [0.25, 0.3) is 0 Å². The monoisotopic (exact) mass is 254 g/mol. The van der Waals surface area contributed by atoms with E-state index in [0.717, 1.165) is 25.9 Å². The number of piperidine rings is 1. The second kappa shape index (κ2) is 5.06. The van der Waals surface area contributed by atoms with Gasteiger partial charge in [-0.25, -0.2) is 8.42 Å². The van der Waals surface area contributed by atoms with Gasteiger partial charge in [0.2, 0.25) is 0 Å². The van der Waals surface area contributed by atoms with Crippen molar-refractivity contribution in [3.63, 3.8) is 0 Å². The molecule has 0 saturated carbocycles. The third-order valence-corrected chi connectivity index (χ3v) is 5.05. The summed E-state index contributed by atoms with van der Waals surface area (Å²) in [5, 5.41) is 3.24. The van der Waals surface area contributed by atoms with Crippen molar-refractivity contribution in [2.75, 3.05) is 24.6 Å². The van der Waals surface area contributed by atoms with Crippen molar-refractivity contribution in [1.82, 2.24) is 5.32 Å². The number of hydrogen-bond donors (Lipinski definition) is 2. The number of nitrogens with two attached hydrogens (primary N) is 1. The second-order valence-electron chi connectivity index (χ2n) is 4.54. The number of hydrogen-bond acceptors (Lipinski definition) is 4. The molecule has 0 amide bonds. The fraction of sp³-hybridized carbons (Fsp3) is 0.500. The van der Waals surface area contributed by atoms with Crippen LogP contribution in [0, 0.1) is 5.92 Å². The molecule has 0 radical (unpaired) electrons. The first-order chi connectivity index (χ1) is 8.08. The minimum atomic E-state index is -3.16. The van der Waals surface area contributed by atoms with E-state index in [1.165, 1.54) is 0 Å². The molecule has 0 aliphatic carbocycles. The van der Waals surface area contributed by atoms with Crippen LogP contribution in [0.15, 0.2) is 29.2 Å². The summed E-state index contributed by atoms with van der Waals surface area (Å²) < 4.78 is 24.3. The summed E-state index contributed by atoms with van der Waals surface area (Å²) >= 11 is 0. The van der Waals surface area contributed by atoms with E-state index < -0.39 is 9.84 Å². The molecule has 2 rings (SSSR count). The van der Waals surface area contributed by atoms with E-state index in [4.69, 9.17) is 5.73 Å². The second-order valence-corrected chi connectivity index (χ2v) is 6.58. The SMILES string of the molecule is Nc1ccc(S(=O)(=O)CC2CCNCC2)cc1. The van der Waals surface area contributed by atoms with Gasteiger partial charge in [-0.1, -0.05) is 0 Å². The average molecular weight is 254 g/mol. The van der Waals surface area contributed by atoms with Crippen molar-refractivity contribution >= 4 is 15.5 Å². The Labute approximate surface area is 102 Å². The van der Waals surface area contributed by atoms with E-state index in [9.17, 15) is 8.42 Å². The third kappa shape index (κ3) is 3.20. The number of sulfone groups is 1. The van der Waals surface area contributed by atoms with Crippen LogP contribution in [0.5, 0.6) is 0 Å². The van der Waals surface area contributed by atoms with Gasteiger partial charge in [0.1, 0.15) is 0 Å². The van der Waals surface area contributed by atoms with Crippen LogP contribution in [0.1, 0.15) is 12.8 Å². The zero-order chi connectivity index (χ0) is 12.3. The van der Waals surface area contributed by atoms with Crippen molar-refractivity contribution in [3.05, 3.63) is 24.3 Å². The van der Waals surface area contributed by atoms with Crippen LogP contribution in [0.4, 0.5) is 5.69 Å². The summed E-state index contributed by atoms with van der Waals surface area (Å²) in [6.07, 6.45) is 1.88. The summed E-state index contributed by atoms with van der Waals surface area (Å²) in [5.41, 5.74) is 6.14. The highest BCUT2D eigenvalue weighted by Crippen LogP contribution is 2.20. The summed E-state index contributed by atoms with van der Waals surface area (Å²) in [7, 11) is -3.16. The first kappa shape index (κ1) is 12.4. The maximum Gasteiger partial charge on any atom is 0.178 e. The normalized spacial score (nSPS) is 18.1. The molecular weight excluding hydrogens is 236 g/mol. The zero-order valence-corrected chi connectivity index (χ0v) is 10.5. The summed E-state index contributed by atoms with van der Waals surface area (Å²) in [4.78, 5) is 0.380. The van der Waals surface area contributed by atoms with E-state index in [-0.39, 0.29) is 11.7 Å². The van der Waals surface area contributed by atoms with E-state index >= 15 is 0 Å². The Morgan fingerprint density at radius 2 is 1.76 bits per heavy atom. The molecule has 0 atom stereocenters. The first-order valence-corrected chi connectivity index (χ1v) is 7.52. The molecule has 3 N–H and O–H groups in total. The van der Waals surface area contributed by atoms with Crippen LogP contribution in [-0.4, -0.2) is 27.3 Å². The molecule has 1 saturated heterocycles. The fourth-order valence-electron chi connectivity index (χ4n) is 2.13. The smallest absolute Gasteiger partial charge is 0.178 e. The maximum atomic E-state index is 12.2. The van der Waals surface area contributed by atoms with Crippen LogP contribution < -0.4 is 11.1 Å². The Kier molecular flexibility index (Phi) is 3.69. The molecule has 0 spiro atoms. The summed E-state index contributed by atoms with van der Waals surface area (Å²) in [6.45, 7) is 1.84. The topological polar surface area (TPSA) is 72.2 Å². The molecule has 1 aromatic carbocycles. The van der Waals surface area contributed by atoms with E-state index in [0.29, 0.717) is 10.6 Å². The minimum absolute atomic E-state index is 0.249. The highest BCUT2D eigenvalue weighted by Gasteiger charge is 2.22. The Morgan fingerprint density at radius 1 is 1.18 bits per heavy atom. The van der Waals surface area contributed by atoms with Gasteiger partial charge in [-0.15, -0.1) is 0 Å². The minimum Gasteiger partial charge on any atom is -0.399 e. The van der Waals surface area contributed by atoms with Crippen molar-refractivity contribution in [1.29, 1.82) is 0 Å². The molecule has 4 nitrogen and oxygen atoms in total. The lowest BCUT2D eigenvalue weighted by Gasteiger charge is -2.22. The predicted molar refractivity (Wildman–Crippen MR) is 68.5 cm³/mol. The lowest BCUT2D eigenvalue weighted by atomic mass is 10.0. The van der Waals surface area contributed by atoms with Gasteiger partial charge >= 0.3 is 0 Å². The maximum absolute atomic E-state index is 12.2. The highest BCUT2D eigenvalue weighted by molar-refractivity contribution is 7.91. The largest absolute Gasteiger partial charge is 0.399 e. The molecule has 0 aromatic heterocycles. The van der Waals surface area contributed by atoms with Crippen molar-refractivity contribution in [2.24, 2.45) is 5.92 Å². The van der Waals surface area contributed by atoms with Gasteiger partial charge in [-0.2, -0.15) is 0 Å². The Morgan fingerprint density at radius 3 is 2.35 bits per heavy atom. The van der Waals surface area contributed by atoms with Crippen LogP contribution >= 0.6 is 0 Å². The number of anilines is 1. The molecule has 1 fully saturated rings.